The molecule has 0 unspecified atom stereocenters. The van der Waals surface area contributed by atoms with E-state index >= 15 is 0 Å². The molecule has 0 radical (unpaired) electrons. The van der Waals surface area contributed by atoms with Crippen molar-refractivity contribution < 1.29 is 9.13 Å². The van der Waals surface area contributed by atoms with Crippen LogP contribution < -0.4 is 4.74 Å². The minimum atomic E-state index is -0.245. The normalized spacial score (nSPS) is 10.6. The van der Waals surface area contributed by atoms with E-state index < -0.39 is 0 Å². The van der Waals surface area contributed by atoms with Crippen LogP contribution in [0.15, 0.2) is 6.07 Å². The third-order valence-electron chi connectivity index (χ3n) is 3.07. The van der Waals surface area contributed by atoms with Gasteiger partial charge in [0.25, 0.3) is 0 Å². The minimum absolute atomic E-state index is 0.245. The molecule has 0 atom stereocenters. The molecule has 0 aliphatic carbocycles. The van der Waals surface area contributed by atoms with Crippen LogP contribution in [0, 0.1) is 20.8 Å². The Hall–Kier alpha value is -1.05. The van der Waals surface area contributed by atoms with Gasteiger partial charge in [0, 0.05) is 0 Å². The van der Waals surface area contributed by atoms with Crippen molar-refractivity contribution in [3.05, 3.63) is 28.3 Å². The maximum atomic E-state index is 12.2. The maximum Gasteiger partial charge on any atom is 0.122 e. The first kappa shape index (κ1) is 13.0. The first-order chi connectivity index (χ1) is 7.61. The summed E-state index contributed by atoms with van der Waals surface area (Å²) < 4.78 is 17.8. The molecule has 90 valence electrons. The summed E-state index contributed by atoms with van der Waals surface area (Å²) in [5.74, 6) is 0.960. The van der Waals surface area contributed by atoms with Gasteiger partial charge in [0.15, 0.2) is 0 Å². The van der Waals surface area contributed by atoms with E-state index in [0.29, 0.717) is 13.0 Å². The smallest absolute Gasteiger partial charge is 0.122 e. The zero-order valence-electron chi connectivity index (χ0n) is 10.7. The van der Waals surface area contributed by atoms with Crippen molar-refractivity contribution in [2.45, 2.75) is 40.5 Å². The highest BCUT2D eigenvalue weighted by Crippen LogP contribution is 2.28. The van der Waals surface area contributed by atoms with Crippen LogP contribution in [0.25, 0.3) is 0 Å². The highest BCUT2D eigenvalue weighted by molar-refractivity contribution is 5.48. The largest absolute Gasteiger partial charge is 0.494 e. The van der Waals surface area contributed by atoms with Gasteiger partial charge < -0.3 is 4.74 Å². The second-order valence-electron chi connectivity index (χ2n) is 4.15. The maximum absolute atomic E-state index is 12.2. The van der Waals surface area contributed by atoms with Crippen molar-refractivity contribution in [2.75, 3.05) is 13.3 Å². The minimum Gasteiger partial charge on any atom is -0.494 e. The molecule has 0 amide bonds. The number of ether oxygens (including phenoxy) is 1. The first-order valence-electron chi connectivity index (χ1n) is 5.90. The molecule has 0 fully saturated rings. The Balaban J connectivity index is 3.07. The Bertz CT molecular complexity index is 358. The lowest BCUT2D eigenvalue weighted by Gasteiger charge is -2.16. The molecule has 0 saturated heterocycles. The zero-order valence-corrected chi connectivity index (χ0v) is 10.7. The molecule has 0 aromatic heterocycles. The molecule has 0 aliphatic heterocycles. The van der Waals surface area contributed by atoms with Gasteiger partial charge in [-0.1, -0.05) is 0 Å². The highest BCUT2D eigenvalue weighted by atomic mass is 19.1. The number of benzene rings is 1. The average Bonchev–Trinajstić information content (AvgIpc) is 2.26. The SMILES string of the molecule is CCOc1cc(C)c(CCCF)c(C)c1C. The molecule has 1 rings (SSSR count). The molecule has 1 nitrogen and oxygen atoms in total. The average molecular weight is 224 g/mol. The molecule has 0 heterocycles. The van der Waals surface area contributed by atoms with Crippen molar-refractivity contribution in [1.82, 2.24) is 0 Å². The van der Waals surface area contributed by atoms with Gasteiger partial charge in [0.2, 0.25) is 0 Å². The van der Waals surface area contributed by atoms with Crippen molar-refractivity contribution in [3.8, 4) is 5.75 Å². The number of alkyl halides is 1. The van der Waals surface area contributed by atoms with Crippen molar-refractivity contribution >= 4 is 0 Å². The Labute approximate surface area is 97.6 Å². The monoisotopic (exact) mass is 224 g/mol. The molecule has 0 aliphatic rings. The van der Waals surface area contributed by atoms with Gasteiger partial charge >= 0.3 is 0 Å². The molecular formula is C14H21FO. The fourth-order valence-electron chi connectivity index (χ4n) is 2.03. The third kappa shape index (κ3) is 2.75. The topological polar surface area (TPSA) is 9.23 Å². The Morgan fingerprint density at radius 2 is 1.88 bits per heavy atom. The van der Waals surface area contributed by atoms with Crippen LogP contribution in [0.4, 0.5) is 4.39 Å². The predicted molar refractivity (Wildman–Crippen MR) is 66.1 cm³/mol. The van der Waals surface area contributed by atoms with E-state index in [1.807, 2.05) is 6.92 Å². The fourth-order valence-corrected chi connectivity index (χ4v) is 2.03. The van der Waals surface area contributed by atoms with Crippen LogP contribution in [0.3, 0.4) is 0 Å². The Morgan fingerprint density at radius 1 is 1.19 bits per heavy atom. The van der Waals surface area contributed by atoms with E-state index in [0.717, 1.165) is 12.2 Å². The van der Waals surface area contributed by atoms with Gasteiger partial charge in [-0.05, 0) is 68.9 Å². The van der Waals surface area contributed by atoms with Gasteiger partial charge in [-0.15, -0.1) is 0 Å². The molecule has 16 heavy (non-hydrogen) atoms. The lowest BCUT2D eigenvalue weighted by Crippen LogP contribution is -2.02. The van der Waals surface area contributed by atoms with E-state index in [1.165, 1.54) is 22.3 Å². The summed E-state index contributed by atoms with van der Waals surface area (Å²) >= 11 is 0. The summed E-state index contributed by atoms with van der Waals surface area (Å²) in [5.41, 5.74) is 4.91. The van der Waals surface area contributed by atoms with Gasteiger partial charge in [-0.2, -0.15) is 0 Å². The van der Waals surface area contributed by atoms with Crippen LogP contribution in [0.5, 0.6) is 5.75 Å². The Morgan fingerprint density at radius 3 is 2.44 bits per heavy atom. The summed E-state index contributed by atoms with van der Waals surface area (Å²) in [6.45, 7) is 8.66. The van der Waals surface area contributed by atoms with Gasteiger partial charge in [0.1, 0.15) is 5.75 Å². The van der Waals surface area contributed by atoms with Crippen LogP contribution in [-0.4, -0.2) is 13.3 Å². The Kier molecular flexibility index (Phi) is 4.78. The highest BCUT2D eigenvalue weighted by Gasteiger charge is 2.10. The van der Waals surface area contributed by atoms with Crippen LogP contribution in [0.1, 0.15) is 35.6 Å². The number of rotatable bonds is 5. The molecule has 0 bridgehead atoms. The lowest BCUT2D eigenvalue weighted by molar-refractivity contribution is 0.337. The third-order valence-corrected chi connectivity index (χ3v) is 3.07. The number of hydrogen-bond donors (Lipinski definition) is 0. The first-order valence-corrected chi connectivity index (χ1v) is 5.90. The summed E-state index contributed by atoms with van der Waals surface area (Å²) in [6.07, 6.45) is 1.43. The predicted octanol–water partition coefficient (Wildman–Crippen LogP) is 3.91. The molecule has 0 N–H and O–H groups in total. The van der Waals surface area contributed by atoms with Crippen LogP contribution >= 0.6 is 0 Å². The summed E-state index contributed by atoms with van der Waals surface area (Å²) in [6, 6.07) is 2.07. The number of hydrogen-bond acceptors (Lipinski definition) is 1. The van der Waals surface area contributed by atoms with Gasteiger partial charge in [-0.3, -0.25) is 4.39 Å². The van der Waals surface area contributed by atoms with Crippen molar-refractivity contribution in [3.63, 3.8) is 0 Å². The summed E-state index contributed by atoms with van der Waals surface area (Å²) in [4.78, 5) is 0. The lowest BCUT2D eigenvalue weighted by atomic mass is 9.94. The molecule has 2 heteroatoms. The van der Waals surface area contributed by atoms with Gasteiger partial charge in [0.05, 0.1) is 13.3 Å². The standard InChI is InChI=1S/C14H21FO/c1-5-16-14-9-10(2)13(7-6-8-15)11(3)12(14)4/h9H,5-8H2,1-4H3. The van der Waals surface area contributed by atoms with E-state index in [4.69, 9.17) is 4.74 Å². The van der Waals surface area contributed by atoms with Crippen molar-refractivity contribution in [2.24, 2.45) is 0 Å². The van der Waals surface area contributed by atoms with Gasteiger partial charge in [-0.25, -0.2) is 0 Å². The quantitative estimate of drug-likeness (QED) is 0.736. The fraction of sp³-hybridized carbons (Fsp3) is 0.571. The number of halogens is 1. The summed E-state index contributed by atoms with van der Waals surface area (Å²) in [5, 5.41) is 0. The summed E-state index contributed by atoms with van der Waals surface area (Å²) in [7, 11) is 0. The van der Waals surface area contributed by atoms with E-state index in [1.54, 1.807) is 0 Å². The second-order valence-corrected chi connectivity index (χ2v) is 4.15. The molecule has 1 aromatic carbocycles. The zero-order chi connectivity index (χ0) is 12.1. The second kappa shape index (κ2) is 5.88. The molecule has 0 saturated carbocycles. The molecular weight excluding hydrogens is 203 g/mol. The van der Waals surface area contributed by atoms with Crippen LogP contribution in [-0.2, 0) is 6.42 Å². The molecule has 1 aromatic rings. The molecule has 0 spiro atoms. The number of aryl methyl sites for hydroxylation is 1. The van der Waals surface area contributed by atoms with E-state index in [-0.39, 0.29) is 6.67 Å². The van der Waals surface area contributed by atoms with Crippen molar-refractivity contribution in [1.29, 1.82) is 0 Å². The van der Waals surface area contributed by atoms with E-state index in [2.05, 4.69) is 26.8 Å². The van der Waals surface area contributed by atoms with E-state index in [9.17, 15) is 4.39 Å². The van der Waals surface area contributed by atoms with Crippen LogP contribution in [0.2, 0.25) is 0 Å².